The number of carbonyl (C=O) groups excluding carboxylic acids is 1. The van der Waals surface area contributed by atoms with Gasteiger partial charge in [-0.05, 0) is 43.7 Å². The Balaban J connectivity index is 1.87. The number of piperidine rings is 1. The molecule has 0 aromatic carbocycles. The van der Waals surface area contributed by atoms with Crippen LogP contribution < -0.4 is 11.1 Å². The normalized spacial score (nSPS) is 21.1. The van der Waals surface area contributed by atoms with Crippen molar-refractivity contribution in [2.24, 2.45) is 11.7 Å². The second-order valence-electron chi connectivity index (χ2n) is 5.32. The first-order valence-corrected chi connectivity index (χ1v) is 7.73. The van der Waals surface area contributed by atoms with Crippen LogP contribution in [0.25, 0.3) is 0 Å². The van der Waals surface area contributed by atoms with Crippen LogP contribution in [0.5, 0.6) is 0 Å². The van der Waals surface area contributed by atoms with Crippen molar-refractivity contribution in [3.05, 3.63) is 17.0 Å². The van der Waals surface area contributed by atoms with E-state index in [0.717, 1.165) is 25.9 Å². The summed E-state index contributed by atoms with van der Waals surface area (Å²) >= 11 is 1.38. The number of hydrogen-bond donors (Lipinski definition) is 2. The molecule has 0 saturated carbocycles. The number of thiophene rings is 1. The third-order valence-electron chi connectivity index (χ3n) is 3.69. The summed E-state index contributed by atoms with van der Waals surface area (Å²) in [6, 6.07) is 3.96. The molecular weight excluding hydrogens is 272 g/mol. The molecule has 2 heterocycles. The molecule has 6 heteroatoms. The summed E-state index contributed by atoms with van der Waals surface area (Å²) < 4.78 is 0. The third kappa shape index (κ3) is 3.79. The summed E-state index contributed by atoms with van der Waals surface area (Å²) in [5.41, 5.74) is 6.47. The maximum atomic E-state index is 12.0. The van der Waals surface area contributed by atoms with E-state index >= 15 is 0 Å². The molecule has 1 aliphatic heterocycles. The smallest absolute Gasteiger partial charge is 0.239 e. The van der Waals surface area contributed by atoms with E-state index in [1.165, 1.54) is 11.3 Å². The van der Waals surface area contributed by atoms with Crippen LogP contribution in [-0.2, 0) is 4.79 Å². The highest BCUT2D eigenvalue weighted by atomic mass is 32.1. The van der Waals surface area contributed by atoms with Gasteiger partial charge in [-0.2, -0.15) is 5.26 Å². The Morgan fingerprint density at radius 3 is 3.25 bits per heavy atom. The van der Waals surface area contributed by atoms with E-state index in [9.17, 15) is 4.79 Å². The van der Waals surface area contributed by atoms with Crippen LogP contribution in [0.2, 0.25) is 0 Å². The maximum absolute atomic E-state index is 12.0. The second kappa shape index (κ2) is 6.84. The van der Waals surface area contributed by atoms with Crippen LogP contribution in [0.15, 0.2) is 11.4 Å². The topological polar surface area (TPSA) is 82.2 Å². The predicted octanol–water partition coefficient (Wildman–Crippen LogP) is 1.62. The molecule has 0 aliphatic carbocycles. The van der Waals surface area contributed by atoms with E-state index in [4.69, 9.17) is 11.0 Å². The Hall–Kier alpha value is -1.42. The molecule has 2 unspecified atom stereocenters. The van der Waals surface area contributed by atoms with Gasteiger partial charge >= 0.3 is 0 Å². The lowest BCUT2D eigenvalue weighted by Crippen LogP contribution is -2.45. The SMILES string of the molecule is CC(N)C1CCCN(CC(=O)Nc2sccc2C#N)C1. The number of hydrogen-bond acceptors (Lipinski definition) is 5. The monoisotopic (exact) mass is 292 g/mol. The fraction of sp³-hybridized carbons (Fsp3) is 0.571. The lowest BCUT2D eigenvalue weighted by atomic mass is 9.92. The van der Waals surface area contributed by atoms with Gasteiger partial charge in [-0.3, -0.25) is 9.69 Å². The van der Waals surface area contributed by atoms with Gasteiger partial charge in [0.05, 0.1) is 12.1 Å². The summed E-state index contributed by atoms with van der Waals surface area (Å²) in [7, 11) is 0. The molecule has 1 fully saturated rings. The van der Waals surface area contributed by atoms with Crippen molar-refractivity contribution in [1.82, 2.24) is 4.90 Å². The number of nitrogens with zero attached hydrogens (tertiary/aromatic N) is 2. The van der Waals surface area contributed by atoms with Gasteiger partial charge in [0, 0.05) is 12.6 Å². The first-order chi connectivity index (χ1) is 9.60. The molecule has 0 bridgehead atoms. The zero-order valence-electron chi connectivity index (χ0n) is 11.6. The minimum Gasteiger partial charge on any atom is -0.328 e. The summed E-state index contributed by atoms with van der Waals surface area (Å²) in [6.45, 7) is 4.21. The first-order valence-electron chi connectivity index (χ1n) is 6.85. The van der Waals surface area contributed by atoms with Gasteiger partial charge in [0.1, 0.15) is 11.1 Å². The Morgan fingerprint density at radius 2 is 2.55 bits per heavy atom. The highest BCUT2D eigenvalue weighted by Gasteiger charge is 2.24. The van der Waals surface area contributed by atoms with E-state index in [1.807, 2.05) is 6.92 Å². The van der Waals surface area contributed by atoms with Gasteiger partial charge in [-0.25, -0.2) is 0 Å². The molecule has 0 radical (unpaired) electrons. The fourth-order valence-electron chi connectivity index (χ4n) is 2.53. The number of nitrogens with one attached hydrogen (secondary N) is 1. The number of rotatable bonds is 4. The number of nitriles is 1. The molecule has 1 saturated heterocycles. The van der Waals surface area contributed by atoms with Gasteiger partial charge < -0.3 is 11.1 Å². The number of anilines is 1. The average molecular weight is 292 g/mol. The summed E-state index contributed by atoms with van der Waals surface area (Å²) in [6.07, 6.45) is 2.22. The molecule has 5 nitrogen and oxygen atoms in total. The molecule has 1 aliphatic rings. The van der Waals surface area contributed by atoms with Gasteiger partial charge in [-0.15, -0.1) is 11.3 Å². The van der Waals surface area contributed by atoms with Crippen molar-refractivity contribution in [3.63, 3.8) is 0 Å². The van der Waals surface area contributed by atoms with E-state index in [-0.39, 0.29) is 11.9 Å². The van der Waals surface area contributed by atoms with E-state index in [1.54, 1.807) is 11.4 Å². The molecule has 20 heavy (non-hydrogen) atoms. The molecule has 0 spiro atoms. The highest BCUT2D eigenvalue weighted by Crippen LogP contribution is 2.22. The Kier molecular flexibility index (Phi) is 5.12. The summed E-state index contributed by atoms with van der Waals surface area (Å²) in [4.78, 5) is 14.2. The number of amides is 1. The van der Waals surface area contributed by atoms with Crippen LogP contribution in [0.4, 0.5) is 5.00 Å². The molecule has 108 valence electrons. The van der Waals surface area contributed by atoms with Gasteiger partial charge in [0.15, 0.2) is 0 Å². The van der Waals surface area contributed by atoms with Gasteiger partial charge in [-0.1, -0.05) is 0 Å². The lowest BCUT2D eigenvalue weighted by Gasteiger charge is -2.34. The van der Waals surface area contributed by atoms with Crippen molar-refractivity contribution in [2.45, 2.75) is 25.8 Å². The number of nitrogens with two attached hydrogens (primary N) is 1. The molecular formula is C14H20N4OS. The lowest BCUT2D eigenvalue weighted by molar-refractivity contribution is -0.117. The molecule has 3 N–H and O–H groups in total. The largest absolute Gasteiger partial charge is 0.328 e. The summed E-state index contributed by atoms with van der Waals surface area (Å²) in [5.74, 6) is 0.405. The average Bonchev–Trinajstić information content (AvgIpc) is 2.86. The minimum absolute atomic E-state index is 0.0609. The first kappa shape index (κ1) is 15.0. The number of carbonyl (C=O) groups is 1. The third-order valence-corrected chi connectivity index (χ3v) is 4.52. The van der Waals surface area contributed by atoms with Crippen LogP contribution in [-0.4, -0.2) is 36.5 Å². The predicted molar refractivity (Wildman–Crippen MR) is 80.5 cm³/mol. The Morgan fingerprint density at radius 1 is 1.75 bits per heavy atom. The Bertz CT molecular complexity index is 506. The van der Waals surface area contributed by atoms with Crippen molar-refractivity contribution < 1.29 is 4.79 Å². The van der Waals surface area contributed by atoms with Gasteiger partial charge in [0.2, 0.25) is 5.91 Å². The van der Waals surface area contributed by atoms with Crippen LogP contribution in [0, 0.1) is 17.2 Å². The standard InChI is InChI=1S/C14H20N4OS/c1-10(16)12-3-2-5-18(8-12)9-13(19)17-14-11(7-15)4-6-20-14/h4,6,10,12H,2-3,5,8-9,16H2,1H3,(H,17,19). The van der Waals surface area contributed by atoms with Crippen LogP contribution in [0.1, 0.15) is 25.3 Å². The quantitative estimate of drug-likeness (QED) is 0.883. The van der Waals surface area contributed by atoms with Crippen molar-refractivity contribution in [1.29, 1.82) is 5.26 Å². The van der Waals surface area contributed by atoms with Gasteiger partial charge in [0.25, 0.3) is 0 Å². The van der Waals surface area contributed by atoms with Crippen molar-refractivity contribution in [2.75, 3.05) is 25.0 Å². The molecule has 1 aromatic heterocycles. The molecule has 1 amide bonds. The van der Waals surface area contributed by atoms with E-state index in [2.05, 4.69) is 16.3 Å². The number of likely N-dealkylation sites (tertiary alicyclic amines) is 1. The molecule has 1 aromatic rings. The zero-order valence-corrected chi connectivity index (χ0v) is 12.4. The summed E-state index contributed by atoms with van der Waals surface area (Å²) in [5, 5.41) is 14.2. The molecule has 2 atom stereocenters. The maximum Gasteiger partial charge on any atom is 0.239 e. The van der Waals surface area contributed by atoms with E-state index < -0.39 is 0 Å². The van der Waals surface area contributed by atoms with Crippen molar-refractivity contribution in [3.8, 4) is 6.07 Å². The molecule has 2 rings (SSSR count). The zero-order chi connectivity index (χ0) is 14.5. The van der Waals surface area contributed by atoms with Crippen LogP contribution in [0.3, 0.4) is 0 Å². The van der Waals surface area contributed by atoms with Crippen molar-refractivity contribution >= 4 is 22.2 Å². The van der Waals surface area contributed by atoms with E-state index in [0.29, 0.717) is 23.0 Å². The fourth-order valence-corrected chi connectivity index (χ4v) is 3.28. The second-order valence-corrected chi connectivity index (χ2v) is 6.24. The van der Waals surface area contributed by atoms with Crippen LogP contribution >= 0.6 is 11.3 Å². The minimum atomic E-state index is -0.0609. The highest BCUT2D eigenvalue weighted by molar-refractivity contribution is 7.14. The Labute approximate surface area is 123 Å².